The Labute approximate surface area is 191 Å². The molecule has 0 aliphatic heterocycles. The maximum Gasteiger partial charge on any atom is 0.419 e. The van der Waals surface area contributed by atoms with Gasteiger partial charge in [-0.1, -0.05) is 35.1 Å². The molecule has 2 aromatic carbocycles. The van der Waals surface area contributed by atoms with Crippen molar-refractivity contribution < 1.29 is 27.8 Å². The molecule has 1 heterocycles. The van der Waals surface area contributed by atoms with Crippen molar-refractivity contribution in [2.24, 2.45) is 5.73 Å². The minimum atomic E-state index is -4.62. The number of alkyl halides is 3. The molecule has 3 aromatic rings. The standard InChI is InChI=1S/C21H21ClF3N3O3S/c22-15-4-1-13(2-5-15)7-8-30-9-10-31-18-6-3-14(11-16(18)21(23,24)25)19-27-28-20(32-19)17(26)12-29/h1-6,11,17,29H,7-10,12,26H2. The minimum absolute atomic E-state index is 0.0304. The predicted octanol–water partition coefficient (Wildman–Crippen LogP) is 4.51. The maximum absolute atomic E-state index is 13.6. The van der Waals surface area contributed by atoms with Crippen LogP contribution < -0.4 is 10.5 Å². The van der Waals surface area contributed by atoms with Crippen molar-refractivity contribution in [3.8, 4) is 16.3 Å². The molecular formula is C21H21ClF3N3O3S. The van der Waals surface area contributed by atoms with Gasteiger partial charge in [0.05, 0.1) is 31.4 Å². The molecule has 1 aromatic heterocycles. The Balaban J connectivity index is 1.58. The van der Waals surface area contributed by atoms with Crippen molar-refractivity contribution in [1.82, 2.24) is 10.2 Å². The molecule has 32 heavy (non-hydrogen) atoms. The number of nitrogens with two attached hydrogens (primary N) is 1. The number of halogens is 4. The zero-order valence-corrected chi connectivity index (χ0v) is 18.4. The summed E-state index contributed by atoms with van der Waals surface area (Å²) in [6.45, 7) is 0.186. The van der Waals surface area contributed by atoms with Gasteiger partial charge in [-0.05, 0) is 42.3 Å². The lowest BCUT2D eigenvalue weighted by Gasteiger charge is -2.15. The molecule has 0 radical (unpaired) electrons. The molecule has 1 atom stereocenters. The molecule has 1 unspecified atom stereocenters. The topological polar surface area (TPSA) is 90.5 Å². The van der Waals surface area contributed by atoms with Crippen LogP contribution in [0, 0.1) is 0 Å². The van der Waals surface area contributed by atoms with Gasteiger partial charge in [0.1, 0.15) is 22.4 Å². The smallest absolute Gasteiger partial charge is 0.419 e. The van der Waals surface area contributed by atoms with E-state index in [1.807, 2.05) is 12.1 Å². The lowest BCUT2D eigenvalue weighted by Crippen LogP contribution is -2.13. The van der Waals surface area contributed by atoms with Crippen LogP contribution in [-0.4, -0.2) is 41.7 Å². The number of benzene rings is 2. The molecule has 0 amide bonds. The quantitative estimate of drug-likeness (QED) is 0.409. The molecule has 0 aliphatic carbocycles. The SMILES string of the molecule is NC(CO)c1nnc(-c2ccc(OCCOCCc3ccc(Cl)cc3)c(C(F)(F)F)c2)s1. The largest absolute Gasteiger partial charge is 0.491 e. The second kappa shape index (κ2) is 11.1. The van der Waals surface area contributed by atoms with Crippen molar-refractivity contribution in [1.29, 1.82) is 0 Å². The van der Waals surface area contributed by atoms with Gasteiger partial charge < -0.3 is 20.3 Å². The average molecular weight is 488 g/mol. The molecule has 3 N–H and O–H groups in total. The number of hydrogen-bond donors (Lipinski definition) is 2. The number of aliphatic hydroxyl groups excluding tert-OH is 1. The summed E-state index contributed by atoms with van der Waals surface area (Å²) < 4.78 is 51.5. The molecule has 0 aliphatic rings. The Morgan fingerprint density at radius 1 is 1.06 bits per heavy atom. The summed E-state index contributed by atoms with van der Waals surface area (Å²) in [6, 6.07) is 10.3. The van der Waals surface area contributed by atoms with E-state index in [4.69, 9.17) is 31.9 Å². The third kappa shape index (κ3) is 6.63. The van der Waals surface area contributed by atoms with Crippen LogP contribution in [0.4, 0.5) is 13.2 Å². The van der Waals surface area contributed by atoms with Crippen LogP contribution in [0.3, 0.4) is 0 Å². The molecule has 0 spiro atoms. The van der Waals surface area contributed by atoms with Crippen LogP contribution >= 0.6 is 22.9 Å². The van der Waals surface area contributed by atoms with Gasteiger partial charge in [-0.3, -0.25) is 0 Å². The van der Waals surface area contributed by atoms with Crippen molar-refractivity contribution in [3.05, 3.63) is 63.6 Å². The van der Waals surface area contributed by atoms with E-state index in [1.54, 1.807) is 12.1 Å². The number of rotatable bonds is 10. The lowest BCUT2D eigenvalue weighted by atomic mass is 10.1. The molecule has 11 heteroatoms. The minimum Gasteiger partial charge on any atom is -0.491 e. The summed E-state index contributed by atoms with van der Waals surface area (Å²) >= 11 is 6.86. The number of hydrogen-bond acceptors (Lipinski definition) is 7. The number of aromatic nitrogens is 2. The fraction of sp³-hybridized carbons (Fsp3) is 0.333. The highest BCUT2D eigenvalue weighted by molar-refractivity contribution is 7.14. The van der Waals surface area contributed by atoms with Crippen molar-refractivity contribution in [3.63, 3.8) is 0 Å². The van der Waals surface area contributed by atoms with Crippen LogP contribution in [0.1, 0.15) is 22.2 Å². The van der Waals surface area contributed by atoms with E-state index < -0.39 is 17.8 Å². The average Bonchev–Trinajstić information content (AvgIpc) is 3.26. The summed E-state index contributed by atoms with van der Waals surface area (Å²) in [4.78, 5) is 0. The first-order chi connectivity index (χ1) is 15.3. The van der Waals surface area contributed by atoms with Gasteiger partial charge in [0, 0.05) is 10.6 Å². The highest BCUT2D eigenvalue weighted by atomic mass is 35.5. The summed E-state index contributed by atoms with van der Waals surface area (Å²) in [5, 5.41) is 18.1. The van der Waals surface area contributed by atoms with Crippen LogP contribution in [0.5, 0.6) is 5.75 Å². The van der Waals surface area contributed by atoms with Gasteiger partial charge in [0.25, 0.3) is 0 Å². The zero-order valence-electron chi connectivity index (χ0n) is 16.8. The summed E-state index contributed by atoms with van der Waals surface area (Å²) in [7, 11) is 0. The van der Waals surface area contributed by atoms with Crippen LogP contribution in [-0.2, 0) is 17.3 Å². The maximum atomic E-state index is 13.6. The summed E-state index contributed by atoms with van der Waals surface area (Å²) in [5.41, 5.74) is 6.04. The molecule has 6 nitrogen and oxygen atoms in total. The Kier molecular flexibility index (Phi) is 8.44. The van der Waals surface area contributed by atoms with E-state index in [9.17, 15) is 13.2 Å². The second-order valence-corrected chi connectivity index (χ2v) is 8.23. The van der Waals surface area contributed by atoms with Gasteiger partial charge in [-0.2, -0.15) is 13.2 Å². The Morgan fingerprint density at radius 3 is 2.50 bits per heavy atom. The Hall–Kier alpha value is -2.24. The van der Waals surface area contributed by atoms with Gasteiger partial charge in [0.2, 0.25) is 0 Å². The van der Waals surface area contributed by atoms with Crippen LogP contribution in [0.15, 0.2) is 42.5 Å². The highest BCUT2D eigenvalue weighted by Crippen LogP contribution is 2.39. The van der Waals surface area contributed by atoms with Crippen LogP contribution in [0.2, 0.25) is 5.02 Å². The molecule has 3 rings (SSSR count). The van der Waals surface area contributed by atoms with Crippen LogP contribution in [0.25, 0.3) is 10.6 Å². The lowest BCUT2D eigenvalue weighted by molar-refractivity contribution is -0.139. The first-order valence-corrected chi connectivity index (χ1v) is 10.8. The van der Waals surface area contributed by atoms with E-state index in [1.165, 1.54) is 12.1 Å². The molecule has 0 saturated carbocycles. The molecular weight excluding hydrogens is 467 g/mol. The second-order valence-electron chi connectivity index (χ2n) is 6.78. The monoisotopic (exact) mass is 487 g/mol. The Bertz CT molecular complexity index is 1020. The first kappa shape index (κ1) is 24.4. The van der Waals surface area contributed by atoms with Crippen molar-refractivity contribution >= 4 is 22.9 Å². The first-order valence-electron chi connectivity index (χ1n) is 9.64. The third-order valence-corrected chi connectivity index (χ3v) is 5.78. The zero-order chi connectivity index (χ0) is 23.1. The fourth-order valence-electron chi connectivity index (χ4n) is 2.74. The Morgan fingerprint density at radius 2 is 1.81 bits per heavy atom. The molecule has 0 bridgehead atoms. The van der Waals surface area contributed by atoms with Gasteiger partial charge in [-0.15, -0.1) is 10.2 Å². The van der Waals surface area contributed by atoms with Crippen molar-refractivity contribution in [2.45, 2.75) is 18.6 Å². The van der Waals surface area contributed by atoms with Crippen molar-refractivity contribution in [2.75, 3.05) is 26.4 Å². The summed E-state index contributed by atoms with van der Waals surface area (Å²) in [5.74, 6) is -0.292. The molecule has 0 saturated heterocycles. The van der Waals surface area contributed by atoms with E-state index >= 15 is 0 Å². The predicted molar refractivity (Wildman–Crippen MR) is 116 cm³/mol. The number of aliphatic hydroxyl groups is 1. The normalized spacial score (nSPS) is 12.7. The third-order valence-electron chi connectivity index (χ3n) is 4.42. The highest BCUT2D eigenvalue weighted by Gasteiger charge is 2.35. The van der Waals surface area contributed by atoms with Gasteiger partial charge in [-0.25, -0.2) is 0 Å². The van der Waals surface area contributed by atoms with Gasteiger partial charge >= 0.3 is 6.18 Å². The van der Waals surface area contributed by atoms with E-state index in [-0.39, 0.29) is 36.1 Å². The fourth-order valence-corrected chi connectivity index (χ4v) is 3.70. The number of ether oxygens (including phenoxy) is 2. The molecule has 172 valence electrons. The molecule has 0 fully saturated rings. The van der Waals surface area contributed by atoms with E-state index in [0.29, 0.717) is 23.1 Å². The van der Waals surface area contributed by atoms with Gasteiger partial charge in [0.15, 0.2) is 0 Å². The summed E-state index contributed by atoms with van der Waals surface area (Å²) in [6.07, 6.45) is -3.96. The van der Waals surface area contributed by atoms with E-state index in [0.717, 1.165) is 23.0 Å². The number of nitrogens with zero attached hydrogens (tertiary/aromatic N) is 2. The van der Waals surface area contributed by atoms with E-state index in [2.05, 4.69) is 10.2 Å².